The second kappa shape index (κ2) is 14.9. The number of halogens is 3. The minimum absolute atomic E-state index is 0.133. The van der Waals surface area contributed by atoms with Crippen molar-refractivity contribution in [1.29, 1.82) is 0 Å². The van der Waals surface area contributed by atoms with Gasteiger partial charge in [0.25, 0.3) is 0 Å². The Balaban J connectivity index is 0.000000620. The van der Waals surface area contributed by atoms with Gasteiger partial charge in [-0.05, 0) is 73.7 Å². The number of aliphatic hydroxyl groups excluding tert-OH is 1. The number of pyridine rings is 1. The number of hydrogen-bond donors (Lipinski definition) is 2. The topological polar surface area (TPSA) is 71.5 Å². The van der Waals surface area contributed by atoms with Gasteiger partial charge in [0, 0.05) is 23.9 Å². The third-order valence-corrected chi connectivity index (χ3v) is 4.56. The van der Waals surface area contributed by atoms with E-state index >= 15 is 0 Å². The van der Waals surface area contributed by atoms with E-state index in [1.54, 1.807) is 24.4 Å². The molecule has 5 nitrogen and oxygen atoms in total. The van der Waals surface area contributed by atoms with Crippen LogP contribution in [0.4, 0.5) is 24.7 Å². The summed E-state index contributed by atoms with van der Waals surface area (Å²) in [5.74, 6) is 0.484. The van der Waals surface area contributed by atoms with E-state index in [-0.39, 0.29) is 18.1 Å². The maximum atomic E-state index is 12.2. The number of ether oxygens (including phenoxy) is 1. The van der Waals surface area contributed by atoms with Crippen molar-refractivity contribution in [2.24, 2.45) is 0 Å². The van der Waals surface area contributed by atoms with Gasteiger partial charge in [0.1, 0.15) is 11.6 Å². The van der Waals surface area contributed by atoms with Crippen molar-refractivity contribution in [3.8, 4) is 5.75 Å². The van der Waals surface area contributed by atoms with Crippen LogP contribution in [0, 0.1) is 0 Å². The van der Waals surface area contributed by atoms with E-state index in [1.165, 1.54) is 24.3 Å². The Morgan fingerprint density at radius 1 is 1.15 bits per heavy atom. The lowest BCUT2D eigenvalue weighted by Gasteiger charge is -2.17. The Morgan fingerprint density at radius 2 is 1.82 bits per heavy atom. The molecular formula is C26H33F3N2O3. The molecule has 186 valence electrons. The Morgan fingerprint density at radius 3 is 2.32 bits per heavy atom. The Bertz CT molecular complexity index is 953. The molecule has 0 atom stereocenters. The van der Waals surface area contributed by atoms with Gasteiger partial charge in [0.2, 0.25) is 0 Å². The molecular weight excluding hydrogens is 445 g/mol. The summed E-state index contributed by atoms with van der Waals surface area (Å²) in [5, 5.41) is 12.8. The van der Waals surface area contributed by atoms with Crippen LogP contribution in [0.25, 0.3) is 5.57 Å². The quantitative estimate of drug-likeness (QED) is 0.349. The fraction of sp³-hybridized carbons (Fsp3) is 0.385. The molecule has 0 aliphatic rings. The summed E-state index contributed by atoms with van der Waals surface area (Å²) in [6, 6.07) is 7.17. The maximum Gasteiger partial charge on any atom is 0.573 e. The highest BCUT2D eigenvalue weighted by atomic mass is 19.4. The van der Waals surface area contributed by atoms with Crippen LogP contribution < -0.4 is 10.1 Å². The summed E-state index contributed by atoms with van der Waals surface area (Å²) in [5.41, 5.74) is 3.16. The molecule has 0 fully saturated rings. The molecule has 1 aromatic carbocycles. The van der Waals surface area contributed by atoms with Gasteiger partial charge >= 0.3 is 6.36 Å². The van der Waals surface area contributed by atoms with Crippen molar-refractivity contribution in [2.45, 2.75) is 66.3 Å². The van der Waals surface area contributed by atoms with E-state index in [2.05, 4.69) is 21.1 Å². The lowest BCUT2D eigenvalue weighted by atomic mass is 9.98. The van der Waals surface area contributed by atoms with E-state index in [0.29, 0.717) is 17.9 Å². The number of ketones is 1. The first-order valence-corrected chi connectivity index (χ1v) is 11.2. The number of aromatic nitrogens is 1. The van der Waals surface area contributed by atoms with Crippen LogP contribution in [-0.2, 0) is 11.4 Å². The monoisotopic (exact) mass is 478 g/mol. The van der Waals surface area contributed by atoms with Gasteiger partial charge in [-0.15, -0.1) is 13.2 Å². The molecule has 0 aliphatic heterocycles. The molecule has 34 heavy (non-hydrogen) atoms. The standard InChI is InChI=1S/C19H21F3N2O2.C7H12O/c1-3-5-13(4-2)17-14(12-25)10-11-23-18(17)24-15-6-8-16(9-7-15)26-19(20,21)22;1-3-5-7(8)6-4-2/h5-11,25H,3-4,12H2,1-2H3,(H,23,24);3,5H,4,6H2,1-2H3/b13-5+;5-3+. The number of benzene rings is 1. The van der Waals surface area contributed by atoms with E-state index in [9.17, 15) is 23.1 Å². The van der Waals surface area contributed by atoms with Crippen molar-refractivity contribution < 1.29 is 27.8 Å². The van der Waals surface area contributed by atoms with Gasteiger partial charge in [-0.1, -0.05) is 32.9 Å². The molecule has 0 spiro atoms. The fourth-order valence-corrected chi connectivity index (χ4v) is 3.15. The molecule has 0 unspecified atom stereocenters. The first-order valence-electron chi connectivity index (χ1n) is 11.2. The summed E-state index contributed by atoms with van der Waals surface area (Å²) in [4.78, 5) is 14.9. The predicted molar refractivity (Wildman–Crippen MR) is 130 cm³/mol. The molecule has 2 rings (SSSR count). The number of anilines is 2. The molecule has 0 aliphatic carbocycles. The zero-order chi connectivity index (χ0) is 25.6. The van der Waals surface area contributed by atoms with Gasteiger partial charge < -0.3 is 15.2 Å². The first-order chi connectivity index (χ1) is 16.2. The lowest BCUT2D eigenvalue weighted by Crippen LogP contribution is -2.17. The van der Waals surface area contributed by atoms with Crippen molar-refractivity contribution in [1.82, 2.24) is 4.98 Å². The minimum atomic E-state index is -4.72. The third kappa shape index (κ3) is 10.2. The highest BCUT2D eigenvalue weighted by Gasteiger charge is 2.31. The molecule has 2 N–H and O–H groups in total. The molecule has 1 heterocycles. The molecule has 2 aromatic rings. The number of aliphatic hydroxyl groups is 1. The summed E-state index contributed by atoms with van der Waals surface area (Å²) in [6.07, 6.45) is 5.56. The van der Waals surface area contributed by atoms with Crippen LogP contribution in [0.3, 0.4) is 0 Å². The Kier molecular flexibility index (Phi) is 12.7. The second-order valence-electron chi connectivity index (χ2n) is 7.26. The highest BCUT2D eigenvalue weighted by molar-refractivity contribution is 5.89. The number of alkyl halides is 3. The van der Waals surface area contributed by atoms with Crippen LogP contribution in [0.1, 0.15) is 64.5 Å². The molecule has 1 aromatic heterocycles. The number of carbonyl (C=O) groups excluding carboxylic acids is 1. The Labute approximate surface area is 199 Å². The molecule has 0 radical (unpaired) electrons. The maximum absolute atomic E-state index is 12.2. The molecule has 0 saturated heterocycles. The second-order valence-corrected chi connectivity index (χ2v) is 7.26. The van der Waals surface area contributed by atoms with E-state index in [0.717, 1.165) is 36.0 Å². The smallest absolute Gasteiger partial charge is 0.406 e. The van der Waals surface area contributed by atoms with Crippen molar-refractivity contribution in [3.63, 3.8) is 0 Å². The van der Waals surface area contributed by atoms with Gasteiger partial charge in [-0.25, -0.2) is 4.98 Å². The zero-order valence-corrected chi connectivity index (χ0v) is 20.1. The van der Waals surface area contributed by atoms with Crippen LogP contribution in [0.15, 0.2) is 54.8 Å². The zero-order valence-electron chi connectivity index (χ0n) is 20.1. The minimum Gasteiger partial charge on any atom is -0.406 e. The van der Waals surface area contributed by atoms with Crippen LogP contribution in [0.5, 0.6) is 5.75 Å². The average molecular weight is 479 g/mol. The van der Waals surface area contributed by atoms with Crippen molar-refractivity contribution in [2.75, 3.05) is 5.32 Å². The summed E-state index contributed by atoms with van der Waals surface area (Å²) in [7, 11) is 0. The number of allylic oxidation sites excluding steroid dienone is 4. The number of carbonyl (C=O) groups is 1. The van der Waals surface area contributed by atoms with Gasteiger partial charge in [0.15, 0.2) is 5.78 Å². The third-order valence-electron chi connectivity index (χ3n) is 4.56. The summed E-state index contributed by atoms with van der Waals surface area (Å²) < 4.78 is 40.6. The molecule has 0 amide bonds. The number of nitrogens with one attached hydrogen (secondary N) is 1. The van der Waals surface area contributed by atoms with Crippen LogP contribution >= 0.6 is 0 Å². The van der Waals surface area contributed by atoms with Gasteiger partial charge in [0.05, 0.1) is 6.61 Å². The molecule has 0 bridgehead atoms. The number of rotatable bonds is 10. The predicted octanol–water partition coefficient (Wildman–Crippen LogP) is 7.35. The van der Waals surface area contributed by atoms with Gasteiger partial charge in [-0.3, -0.25) is 4.79 Å². The van der Waals surface area contributed by atoms with E-state index in [4.69, 9.17) is 0 Å². The first kappa shape index (κ1) is 28.9. The van der Waals surface area contributed by atoms with Crippen molar-refractivity contribution >= 4 is 22.9 Å². The lowest BCUT2D eigenvalue weighted by molar-refractivity contribution is -0.274. The molecule has 8 heteroatoms. The largest absolute Gasteiger partial charge is 0.573 e. The molecule has 0 saturated carbocycles. The fourth-order valence-electron chi connectivity index (χ4n) is 3.15. The average Bonchev–Trinajstić information content (AvgIpc) is 2.79. The van der Waals surface area contributed by atoms with Crippen LogP contribution in [-0.4, -0.2) is 22.2 Å². The SMILES string of the molecule is C/C=C/C(=O)CCC.CC/C=C(\CC)c1c(CO)ccnc1Nc1ccc(OC(F)(F)F)cc1. The number of nitrogens with zero attached hydrogens (tertiary/aromatic N) is 1. The number of hydrogen-bond acceptors (Lipinski definition) is 5. The summed E-state index contributed by atoms with van der Waals surface area (Å²) in [6.45, 7) is 7.76. The van der Waals surface area contributed by atoms with Crippen LogP contribution in [0.2, 0.25) is 0 Å². The normalized spacial score (nSPS) is 11.7. The van der Waals surface area contributed by atoms with Gasteiger partial charge in [-0.2, -0.15) is 0 Å². The van der Waals surface area contributed by atoms with Crippen molar-refractivity contribution in [3.05, 3.63) is 65.9 Å². The summed E-state index contributed by atoms with van der Waals surface area (Å²) >= 11 is 0. The Hall–Kier alpha value is -3.13. The highest BCUT2D eigenvalue weighted by Crippen LogP contribution is 2.31. The van der Waals surface area contributed by atoms with E-state index in [1.807, 2.05) is 27.7 Å². The van der Waals surface area contributed by atoms with E-state index < -0.39 is 6.36 Å².